The van der Waals surface area contributed by atoms with E-state index >= 15 is 0 Å². The van der Waals surface area contributed by atoms with Crippen molar-refractivity contribution in [3.63, 3.8) is 0 Å². The van der Waals surface area contributed by atoms with Crippen molar-refractivity contribution in [3.8, 4) is 17.2 Å². The average Bonchev–Trinajstić information content (AvgIpc) is 3.46. The highest BCUT2D eigenvalue weighted by molar-refractivity contribution is 7.09. The third-order valence-corrected chi connectivity index (χ3v) is 5.02. The molecular weight excluding hydrogens is 404 g/mol. The molecule has 4 aromatic rings. The van der Waals surface area contributed by atoms with E-state index in [4.69, 9.17) is 9.15 Å². The number of carbonyl (C=O) groups excluding carboxylic acids is 1. The number of rotatable bonds is 8. The first-order chi connectivity index (χ1) is 14.7. The molecule has 0 aliphatic heterocycles. The number of benzene rings is 1. The van der Waals surface area contributed by atoms with E-state index in [-0.39, 0.29) is 11.5 Å². The van der Waals surface area contributed by atoms with Crippen molar-refractivity contribution in [1.29, 1.82) is 0 Å². The Morgan fingerprint density at radius 3 is 2.80 bits per heavy atom. The van der Waals surface area contributed by atoms with Gasteiger partial charge in [0.15, 0.2) is 5.76 Å². The number of amides is 1. The van der Waals surface area contributed by atoms with Gasteiger partial charge in [-0.15, -0.1) is 11.3 Å². The van der Waals surface area contributed by atoms with E-state index in [0.29, 0.717) is 31.0 Å². The molecule has 152 valence electrons. The SMILES string of the molecule is O=C(NCCn1ncccc1=O)c1ccc(OCc2nc(-c3ccco3)cs2)cc1. The van der Waals surface area contributed by atoms with Crippen molar-refractivity contribution < 1.29 is 13.9 Å². The van der Waals surface area contributed by atoms with E-state index in [9.17, 15) is 9.59 Å². The number of hydrogen-bond acceptors (Lipinski definition) is 7. The molecule has 30 heavy (non-hydrogen) atoms. The Morgan fingerprint density at radius 1 is 1.17 bits per heavy atom. The predicted molar refractivity (Wildman–Crippen MR) is 111 cm³/mol. The summed E-state index contributed by atoms with van der Waals surface area (Å²) >= 11 is 1.49. The minimum atomic E-state index is -0.228. The van der Waals surface area contributed by atoms with E-state index in [1.54, 1.807) is 36.6 Å². The molecule has 0 fully saturated rings. The Hall–Kier alpha value is -3.72. The molecule has 1 N–H and O–H groups in total. The molecule has 0 spiro atoms. The number of nitrogens with zero attached hydrogens (tertiary/aromatic N) is 3. The zero-order chi connectivity index (χ0) is 20.8. The number of ether oxygens (including phenoxy) is 1. The first-order valence-electron chi connectivity index (χ1n) is 9.20. The largest absolute Gasteiger partial charge is 0.486 e. The van der Waals surface area contributed by atoms with Crippen LogP contribution in [0.15, 0.2) is 75.6 Å². The molecular formula is C21H18N4O4S. The summed E-state index contributed by atoms with van der Waals surface area (Å²) in [5.41, 5.74) is 1.08. The molecule has 0 saturated carbocycles. The second-order valence-electron chi connectivity index (χ2n) is 6.26. The van der Waals surface area contributed by atoms with Gasteiger partial charge in [-0.2, -0.15) is 5.10 Å². The lowest BCUT2D eigenvalue weighted by atomic mass is 10.2. The Kier molecular flexibility index (Phi) is 6.00. The van der Waals surface area contributed by atoms with E-state index in [1.807, 2.05) is 17.5 Å². The van der Waals surface area contributed by atoms with Gasteiger partial charge in [-0.25, -0.2) is 9.67 Å². The summed E-state index contributed by atoms with van der Waals surface area (Å²) in [6, 6.07) is 13.5. The zero-order valence-corrected chi connectivity index (χ0v) is 16.7. The van der Waals surface area contributed by atoms with Crippen molar-refractivity contribution in [2.24, 2.45) is 0 Å². The first kappa shape index (κ1) is 19.6. The maximum Gasteiger partial charge on any atom is 0.266 e. The maximum atomic E-state index is 12.2. The molecule has 3 heterocycles. The molecule has 0 unspecified atom stereocenters. The summed E-state index contributed by atoms with van der Waals surface area (Å²) < 4.78 is 12.4. The lowest BCUT2D eigenvalue weighted by molar-refractivity contribution is 0.0951. The Balaban J connectivity index is 1.27. The summed E-state index contributed by atoms with van der Waals surface area (Å²) in [7, 11) is 0. The van der Waals surface area contributed by atoms with Crippen molar-refractivity contribution in [2.45, 2.75) is 13.2 Å². The number of hydrogen-bond donors (Lipinski definition) is 1. The van der Waals surface area contributed by atoms with Gasteiger partial charge in [0.05, 0.1) is 12.8 Å². The van der Waals surface area contributed by atoms with Gasteiger partial charge in [-0.05, 0) is 42.5 Å². The molecule has 3 aromatic heterocycles. The number of furan rings is 1. The van der Waals surface area contributed by atoms with Gasteiger partial charge in [0.1, 0.15) is 23.1 Å². The molecule has 1 amide bonds. The topological polar surface area (TPSA) is 99.2 Å². The average molecular weight is 422 g/mol. The molecule has 4 rings (SSSR count). The van der Waals surface area contributed by atoms with E-state index in [0.717, 1.165) is 16.5 Å². The molecule has 0 aliphatic carbocycles. The van der Waals surface area contributed by atoms with Crippen LogP contribution < -0.4 is 15.6 Å². The Bertz CT molecular complexity index is 1170. The predicted octanol–water partition coefficient (Wildman–Crippen LogP) is 2.97. The minimum absolute atomic E-state index is 0.204. The molecule has 8 nitrogen and oxygen atoms in total. The highest BCUT2D eigenvalue weighted by Crippen LogP contribution is 2.23. The van der Waals surface area contributed by atoms with Crippen LogP contribution in [0.25, 0.3) is 11.5 Å². The third kappa shape index (κ3) is 4.81. The molecule has 0 radical (unpaired) electrons. The van der Waals surface area contributed by atoms with Crippen LogP contribution in [0, 0.1) is 0 Å². The van der Waals surface area contributed by atoms with E-state index < -0.39 is 0 Å². The number of aromatic nitrogens is 3. The van der Waals surface area contributed by atoms with Crippen molar-refractivity contribution in [1.82, 2.24) is 20.1 Å². The molecule has 1 aromatic carbocycles. The molecule has 0 aliphatic rings. The fourth-order valence-corrected chi connectivity index (χ4v) is 3.39. The Labute approximate surface area is 175 Å². The highest BCUT2D eigenvalue weighted by Gasteiger charge is 2.09. The summed E-state index contributed by atoms with van der Waals surface area (Å²) in [4.78, 5) is 28.3. The summed E-state index contributed by atoms with van der Waals surface area (Å²) in [5, 5.41) is 9.47. The van der Waals surface area contributed by atoms with Crippen LogP contribution in [0.2, 0.25) is 0 Å². The minimum Gasteiger partial charge on any atom is -0.486 e. The zero-order valence-electron chi connectivity index (χ0n) is 15.9. The molecule has 0 saturated heterocycles. The van der Waals surface area contributed by atoms with Gasteiger partial charge in [-0.3, -0.25) is 9.59 Å². The van der Waals surface area contributed by atoms with Crippen LogP contribution in [0.5, 0.6) is 5.75 Å². The van der Waals surface area contributed by atoms with Crippen LogP contribution in [-0.2, 0) is 13.2 Å². The first-order valence-corrected chi connectivity index (χ1v) is 10.1. The third-order valence-electron chi connectivity index (χ3n) is 4.20. The monoisotopic (exact) mass is 422 g/mol. The second kappa shape index (κ2) is 9.19. The summed E-state index contributed by atoms with van der Waals surface area (Å²) in [6.07, 6.45) is 3.15. The molecule has 0 atom stereocenters. The maximum absolute atomic E-state index is 12.2. The van der Waals surface area contributed by atoms with Crippen molar-refractivity contribution in [2.75, 3.05) is 6.54 Å². The molecule has 9 heteroatoms. The molecule has 0 bridgehead atoms. The van der Waals surface area contributed by atoms with Gasteiger partial charge < -0.3 is 14.5 Å². The van der Waals surface area contributed by atoms with Crippen molar-refractivity contribution in [3.05, 3.63) is 87.3 Å². The fraction of sp³-hybridized carbons (Fsp3) is 0.143. The van der Waals surface area contributed by atoms with Gasteiger partial charge in [0, 0.05) is 29.8 Å². The van der Waals surface area contributed by atoms with Crippen LogP contribution in [-0.4, -0.2) is 27.2 Å². The fourth-order valence-electron chi connectivity index (χ4n) is 2.69. The lowest BCUT2D eigenvalue weighted by Gasteiger charge is -2.08. The highest BCUT2D eigenvalue weighted by atomic mass is 32.1. The number of thiazole rings is 1. The van der Waals surface area contributed by atoms with Crippen LogP contribution >= 0.6 is 11.3 Å². The lowest BCUT2D eigenvalue weighted by Crippen LogP contribution is -2.31. The van der Waals surface area contributed by atoms with E-state index in [1.165, 1.54) is 28.3 Å². The summed E-state index contributed by atoms with van der Waals surface area (Å²) in [5.74, 6) is 1.13. The summed E-state index contributed by atoms with van der Waals surface area (Å²) in [6.45, 7) is 0.937. The number of nitrogens with one attached hydrogen (secondary N) is 1. The van der Waals surface area contributed by atoms with Gasteiger partial charge >= 0.3 is 0 Å². The standard InChI is InChI=1S/C21H18N4O4S/c26-20-4-1-9-23-25(20)11-10-22-21(27)15-5-7-16(8-6-15)29-13-19-24-17(14-30-19)18-3-2-12-28-18/h1-9,12,14H,10-11,13H2,(H,22,27). The van der Waals surface area contributed by atoms with Crippen LogP contribution in [0.3, 0.4) is 0 Å². The van der Waals surface area contributed by atoms with Crippen molar-refractivity contribution >= 4 is 17.2 Å². The van der Waals surface area contributed by atoms with Gasteiger partial charge in [0.25, 0.3) is 11.5 Å². The van der Waals surface area contributed by atoms with Gasteiger partial charge in [0.2, 0.25) is 0 Å². The normalized spacial score (nSPS) is 10.7. The number of carbonyl (C=O) groups is 1. The van der Waals surface area contributed by atoms with Crippen LogP contribution in [0.4, 0.5) is 0 Å². The van der Waals surface area contributed by atoms with Gasteiger partial charge in [-0.1, -0.05) is 0 Å². The quantitative estimate of drug-likeness (QED) is 0.469. The van der Waals surface area contributed by atoms with Crippen LogP contribution in [0.1, 0.15) is 15.4 Å². The smallest absolute Gasteiger partial charge is 0.266 e. The van der Waals surface area contributed by atoms with E-state index in [2.05, 4.69) is 15.4 Å². The second-order valence-corrected chi connectivity index (χ2v) is 7.20. The Morgan fingerprint density at radius 2 is 2.03 bits per heavy atom.